The highest BCUT2D eigenvalue weighted by Gasteiger charge is 2.38. The average molecular weight is 569 g/mol. The average Bonchev–Trinajstić information content (AvgIpc) is 3.31. The number of amides is 1. The van der Waals surface area contributed by atoms with E-state index in [1.54, 1.807) is 29.2 Å². The number of benzene rings is 1. The summed E-state index contributed by atoms with van der Waals surface area (Å²) in [4.78, 5) is 14.8. The van der Waals surface area contributed by atoms with Crippen molar-refractivity contribution in [2.24, 2.45) is 0 Å². The van der Waals surface area contributed by atoms with Crippen LogP contribution in [0.3, 0.4) is 0 Å². The first-order valence-electron chi connectivity index (χ1n) is 9.50. The number of fused-ring (bicyclic) bond motifs is 2. The molecular weight excluding hydrogens is 550 g/mol. The Morgan fingerprint density at radius 3 is 2.76 bits per heavy atom. The van der Waals surface area contributed by atoms with Gasteiger partial charge in [0, 0.05) is 11.0 Å². The smallest absolute Gasteiger partial charge is 0.326 e. The lowest BCUT2D eigenvalue weighted by Crippen LogP contribution is -2.42. The van der Waals surface area contributed by atoms with E-state index in [9.17, 15) is 30.6 Å². The Bertz CT molecular complexity index is 1410. The molecule has 2 aliphatic heterocycles. The first-order valence-corrected chi connectivity index (χ1v) is 15.5. The van der Waals surface area contributed by atoms with Crippen LogP contribution in [0.1, 0.15) is 10.7 Å². The van der Waals surface area contributed by atoms with Crippen LogP contribution in [0.25, 0.3) is 6.08 Å². The van der Waals surface area contributed by atoms with Gasteiger partial charge in [0.2, 0.25) is 15.7 Å². The minimum atomic E-state index is -4.42. The van der Waals surface area contributed by atoms with Crippen LogP contribution in [0.15, 0.2) is 32.3 Å². The van der Waals surface area contributed by atoms with Crippen molar-refractivity contribution in [3.05, 3.63) is 33.9 Å². The molecule has 4 rings (SSSR count). The van der Waals surface area contributed by atoms with Gasteiger partial charge < -0.3 is 9.64 Å². The van der Waals surface area contributed by atoms with Crippen molar-refractivity contribution in [2.75, 3.05) is 24.8 Å². The number of rotatable bonds is 7. The van der Waals surface area contributed by atoms with Crippen LogP contribution in [0, 0.1) is 0 Å². The summed E-state index contributed by atoms with van der Waals surface area (Å²) in [5.74, 6) is -0.985. The predicted octanol–water partition coefficient (Wildman–Crippen LogP) is 1.82. The van der Waals surface area contributed by atoms with Crippen molar-refractivity contribution >= 4 is 72.7 Å². The Morgan fingerprint density at radius 1 is 1.38 bits per heavy atom. The third-order valence-corrected chi connectivity index (χ3v) is 9.37. The monoisotopic (exact) mass is 568 g/mol. The quantitative estimate of drug-likeness (QED) is 0.376. The highest BCUT2D eigenvalue weighted by atomic mass is 32.2. The van der Waals surface area contributed by atoms with Crippen molar-refractivity contribution in [1.29, 1.82) is 0 Å². The second-order valence-electron chi connectivity index (χ2n) is 7.35. The summed E-state index contributed by atoms with van der Waals surface area (Å²) in [6, 6.07) is 5.21. The third kappa shape index (κ3) is 5.68. The van der Waals surface area contributed by atoms with Crippen LogP contribution < -0.4 is 18.9 Å². The van der Waals surface area contributed by atoms with E-state index in [0.717, 1.165) is 22.9 Å². The van der Waals surface area contributed by atoms with Gasteiger partial charge in [-0.2, -0.15) is 13.0 Å². The first kappa shape index (κ1) is 25.2. The zero-order valence-corrected chi connectivity index (χ0v) is 21.8. The van der Waals surface area contributed by atoms with Crippen molar-refractivity contribution < 1.29 is 39.9 Å². The van der Waals surface area contributed by atoms with E-state index in [1.165, 1.54) is 34.8 Å². The van der Waals surface area contributed by atoms with Gasteiger partial charge in [0.15, 0.2) is 5.50 Å². The molecule has 1 amide bonds. The van der Waals surface area contributed by atoms with Crippen LogP contribution in [0.4, 0.5) is 10.1 Å². The fourth-order valence-corrected chi connectivity index (χ4v) is 8.28. The lowest BCUT2D eigenvalue weighted by atomic mass is 10.2. The molecule has 2 N–H and O–H groups in total. The van der Waals surface area contributed by atoms with Crippen LogP contribution in [-0.4, -0.2) is 52.7 Å². The number of ether oxygens (including phenoxy) is 1. The molecule has 184 valence electrons. The molecule has 0 aliphatic carbocycles. The number of aromatic nitrogens is 1. The van der Waals surface area contributed by atoms with Crippen LogP contribution in [-0.2, 0) is 37.2 Å². The van der Waals surface area contributed by atoms with E-state index in [0.29, 0.717) is 31.4 Å². The largest absolute Gasteiger partial charge is 0.497 e. The Hall–Kier alpha value is -1.85. The molecule has 10 nitrogen and oxygen atoms in total. The van der Waals surface area contributed by atoms with Gasteiger partial charge in [-0.25, -0.2) is 12.8 Å². The number of methoxy groups -OCH3 is 1. The lowest BCUT2D eigenvalue weighted by molar-refractivity contribution is -0.683. The van der Waals surface area contributed by atoms with Crippen molar-refractivity contribution in [2.45, 2.75) is 26.9 Å². The molecule has 16 heteroatoms. The van der Waals surface area contributed by atoms with Crippen molar-refractivity contribution in [3.63, 3.8) is 0 Å². The van der Waals surface area contributed by atoms with E-state index in [4.69, 9.17) is 4.74 Å². The molecule has 0 bridgehead atoms. The number of halogens is 1. The molecule has 1 aromatic carbocycles. The fraction of sp³-hybridized carbons (Fsp3) is 0.333. The maximum Gasteiger partial charge on any atom is 0.326 e. The summed E-state index contributed by atoms with van der Waals surface area (Å²) in [5.41, 5.74) is -0.136. The normalized spacial score (nSPS) is 18.8. The number of carbonyl (C=O) groups is 1. The number of hydrogen-bond donors (Lipinski definition) is 2. The number of nitrogens with zero attached hydrogens (tertiary/aromatic N) is 2. The number of alkyl halides is 1. The molecule has 0 saturated heterocycles. The SMILES string of the molecule is COc1ccc2c(c1)N(CC(=O)NS(C)(=O)=O)/C(=C/c1sc3c([n+]1CS(=O)(=O)O)CC(F)S3)S2. The Labute approximate surface area is 208 Å². The summed E-state index contributed by atoms with van der Waals surface area (Å²) in [5, 5.41) is 0.940. The first-order chi connectivity index (χ1) is 15.8. The minimum Gasteiger partial charge on any atom is -0.497 e. The molecule has 0 fully saturated rings. The Morgan fingerprint density at radius 2 is 2.12 bits per heavy atom. The number of thioether (sulfide) groups is 2. The van der Waals surface area contributed by atoms with E-state index in [2.05, 4.69) is 0 Å². The van der Waals surface area contributed by atoms with Gasteiger partial charge in [-0.05, 0) is 12.1 Å². The molecule has 0 radical (unpaired) electrons. The molecule has 0 spiro atoms. The summed E-state index contributed by atoms with van der Waals surface area (Å²) in [6.45, 7) is -0.337. The topological polar surface area (TPSA) is 134 Å². The predicted molar refractivity (Wildman–Crippen MR) is 128 cm³/mol. The van der Waals surface area contributed by atoms with E-state index in [-0.39, 0.29) is 13.0 Å². The molecule has 34 heavy (non-hydrogen) atoms. The van der Waals surface area contributed by atoms with Gasteiger partial charge in [0.1, 0.15) is 16.5 Å². The maximum absolute atomic E-state index is 13.9. The van der Waals surface area contributed by atoms with Crippen molar-refractivity contribution in [3.8, 4) is 5.75 Å². The number of anilines is 1. The van der Waals surface area contributed by atoms with E-state index >= 15 is 0 Å². The molecular formula is C18H19FN3O7S5+. The number of thiazole rings is 1. The molecule has 1 aromatic heterocycles. The zero-order chi connectivity index (χ0) is 24.8. The van der Waals surface area contributed by atoms with Gasteiger partial charge in [0.25, 0.3) is 16.8 Å². The highest BCUT2D eigenvalue weighted by molar-refractivity contribution is 8.04. The van der Waals surface area contributed by atoms with Gasteiger partial charge in [-0.15, -0.1) is 0 Å². The number of carbonyl (C=O) groups excluding carboxylic acids is 1. The van der Waals surface area contributed by atoms with Gasteiger partial charge >= 0.3 is 10.1 Å². The second kappa shape index (κ2) is 9.31. The molecule has 2 aliphatic rings. The Balaban J connectivity index is 1.77. The molecule has 1 atom stereocenters. The zero-order valence-electron chi connectivity index (χ0n) is 17.7. The summed E-state index contributed by atoms with van der Waals surface area (Å²) in [7, 11) is -6.70. The lowest BCUT2D eigenvalue weighted by Gasteiger charge is -2.19. The Kier molecular flexibility index (Phi) is 6.91. The minimum absolute atomic E-state index is 0.000238. The van der Waals surface area contributed by atoms with Gasteiger partial charge in [0.05, 0.1) is 36.6 Å². The second-order valence-corrected chi connectivity index (χ2v) is 14.0. The molecule has 0 saturated carbocycles. The maximum atomic E-state index is 13.9. The number of sulfonamides is 1. The van der Waals surface area contributed by atoms with Crippen molar-refractivity contribution in [1.82, 2.24) is 4.72 Å². The van der Waals surface area contributed by atoms with E-state index < -0.39 is 37.4 Å². The fourth-order valence-electron chi connectivity index (χ4n) is 3.43. The van der Waals surface area contributed by atoms with Crippen LogP contribution >= 0.6 is 34.9 Å². The molecule has 3 heterocycles. The third-order valence-electron chi connectivity index (χ3n) is 4.69. The van der Waals surface area contributed by atoms with Gasteiger partial charge in [-0.1, -0.05) is 34.9 Å². The summed E-state index contributed by atoms with van der Waals surface area (Å²) >= 11 is 3.44. The molecule has 2 aromatic rings. The molecule has 1 unspecified atom stereocenters. The standard InChI is InChI=1S/C18H18FN3O7S5/c1-29-10-3-4-13-11(5-10)21(8-15(23)20-33(2,24)25)16(30-13)7-17-22(9-34(26,27)28)12-6-14(19)31-18(12)32-17/h3-5,7,14H,6,8-9H2,1-2H3,(H-,20,23,26,27,28)/p+1. The van der Waals surface area contributed by atoms with Crippen LogP contribution in [0.2, 0.25) is 0 Å². The number of nitrogens with one attached hydrogen (secondary N) is 1. The van der Waals surface area contributed by atoms with Crippen LogP contribution in [0.5, 0.6) is 5.75 Å². The van der Waals surface area contributed by atoms with Gasteiger partial charge in [-0.3, -0.25) is 14.1 Å². The number of hydrogen-bond acceptors (Lipinski definition) is 10. The van der Waals surface area contributed by atoms with E-state index in [1.807, 2.05) is 4.72 Å². The summed E-state index contributed by atoms with van der Waals surface area (Å²) in [6.07, 6.45) is 2.51. The highest BCUT2D eigenvalue weighted by Crippen LogP contribution is 2.49. The summed E-state index contributed by atoms with van der Waals surface area (Å²) < 4.78 is 78.8.